The molecule has 1 N–H and O–H groups in total. The number of rotatable bonds is 7. The summed E-state index contributed by atoms with van der Waals surface area (Å²) in [6, 6.07) is 11.0. The standard InChI is InChI=1S/C19H24ClN3O4S/c1-2-28(25,26)23-11-9-22(10-12-23)14-19(24)21-13-17-7-8-18(27-17)15-3-5-16(20)6-4-15/h3-8H,2,9-14H2,1H3,(H,21,24). The van der Waals surface area contributed by atoms with Gasteiger partial charge in [-0.3, -0.25) is 9.69 Å². The molecule has 0 saturated carbocycles. The highest BCUT2D eigenvalue weighted by molar-refractivity contribution is 7.89. The second-order valence-corrected chi connectivity index (χ2v) is 9.32. The number of hydrogen-bond acceptors (Lipinski definition) is 5. The first-order valence-electron chi connectivity index (χ1n) is 9.19. The average Bonchev–Trinajstić information content (AvgIpc) is 3.16. The maximum Gasteiger partial charge on any atom is 0.234 e. The van der Waals surface area contributed by atoms with Gasteiger partial charge in [0.1, 0.15) is 11.5 Å². The van der Waals surface area contributed by atoms with Crippen molar-refractivity contribution in [1.29, 1.82) is 0 Å². The SMILES string of the molecule is CCS(=O)(=O)N1CCN(CC(=O)NCc2ccc(-c3ccc(Cl)cc3)o2)CC1. The first kappa shape index (κ1) is 20.9. The minimum atomic E-state index is -3.16. The van der Waals surface area contributed by atoms with E-state index in [0.717, 1.165) is 5.56 Å². The zero-order valence-corrected chi connectivity index (χ0v) is 17.3. The van der Waals surface area contributed by atoms with Gasteiger partial charge in [0, 0.05) is 36.8 Å². The van der Waals surface area contributed by atoms with E-state index in [1.165, 1.54) is 4.31 Å². The van der Waals surface area contributed by atoms with Crippen molar-refractivity contribution in [2.24, 2.45) is 0 Å². The Kier molecular flexibility index (Phi) is 6.77. The van der Waals surface area contributed by atoms with Crippen LogP contribution in [0.1, 0.15) is 12.7 Å². The van der Waals surface area contributed by atoms with Crippen molar-refractivity contribution in [1.82, 2.24) is 14.5 Å². The molecule has 1 saturated heterocycles. The molecule has 0 aliphatic carbocycles. The number of nitrogens with zero attached hydrogens (tertiary/aromatic N) is 2. The molecule has 1 aliphatic heterocycles. The summed E-state index contributed by atoms with van der Waals surface area (Å²) in [4.78, 5) is 14.1. The summed E-state index contributed by atoms with van der Waals surface area (Å²) in [5.41, 5.74) is 0.918. The first-order chi connectivity index (χ1) is 13.4. The van der Waals surface area contributed by atoms with Crippen LogP contribution in [0.15, 0.2) is 40.8 Å². The van der Waals surface area contributed by atoms with Crippen LogP contribution in [-0.4, -0.2) is 62.0 Å². The number of piperazine rings is 1. The number of carbonyl (C=O) groups is 1. The number of sulfonamides is 1. The van der Waals surface area contributed by atoms with Crippen LogP contribution in [0.4, 0.5) is 0 Å². The van der Waals surface area contributed by atoms with Crippen molar-refractivity contribution in [3.63, 3.8) is 0 Å². The van der Waals surface area contributed by atoms with E-state index in [-0.39, 0.29) is 18.2 Å². The normalized spacial score (nSPS) is 16.2. The van der Waals surface area contributed by atoms with Crippen molar-refractivity contribution >= 4 is 27.5 Å². The van der Waals surface area contributed by atoms with Gasteiger partial charge in [0.25, 0.3) is 0 Å². The van der Waals surface area contributed by atoms with Crippen LogP contribution < -0.4 is 5.32 Å². The van der Waals surface area contributed by atoms with E-state index in [1.54, 1.807) is 19.1 Å². The lowest BCUT2D eigenvalue weighted by Crippen LogP contribution is -2.51. The number of benzene rings is 1. The Morgan fingerprint density at radius 1 is 1.11 bits per heavy atom. The van der Waals surface area contributed by atoms with Crippen LogP contribution in [0.5, 0.6) is 0 Å². The highest BCUT2D eigenvalue weighted by Gasteiger charge is 2.26. The van der Waals surface area contributed by atoms with Crippen LogP contribution in [0, 0.1) is 0 Å². The van der Waals surface area contributed by atoms with Crippen molar-refractivity contribution in [2.75, 3.05) is 38.5 Å². The third-order valence-electron chi connectivity index (χ3n) is 4.71. The highest BCUT2D eigenvalue weighted by Crippen LogP contribution is 2.23. The van der Waals surface area contributed by atoms with Gasteiger partial charge in [-0.25, -0.2) is 8.42 Å². The van der Waals surface area contributed by atoms with Crippen molar-refractivity contribution in [3.05, 3.63) is 47.2 Å². The van der Waals surface area contributed by atoms with E-state index in [1.807, 2.05) is 29.2 Å². The maximum atomic E-state index is 12.2. The number of furan rings is 1. The van der Waals surface area contributed by atoms with E-state index < -0.39 is 10.0 Å². The number of carbonyl (C=O) groups excluding carboxylic acids is 1. The Bertz CT molecular complexity index is 904. The van der Waals surface area contributed by atoms with Gasteiger partial charge in [0.05, 0.1) is 18.8 Å². The van der Waals surface area contributed by atoms with Gasteiger partial charge in [0.2, 0.25) is 15.9 Å². The van der Waals surface area contributed by atoms with Crippen LogP contribution in [-0.2, 0) is 21.4 Å². The fourth-order valence-electron chi connectivity index (χ4n) is 3.04. The predicted molar refractivity (Wildman–Crippen MR) is 108 cm³/mol. The van der Waals surface area contributed by atoms with Crippen molar-refractivity contribution < 1.29 is 17.6 Å². The Hall–Kier alpha value is -1.87. The van der Waals surface area contributed by atoms with Crippen LogP contribution in [0.3, 0.4) is 0 Å². The smallest absolute Gasteiger partial charge is 0.234 e. The van der Waals surface area contributed by atoms with Crippen LogP contribution in [0.25, 0.3) is 11.3 Å². The molecule has 1 aromatic carbocycles. The Balaban J connectivity index is 1.45. The summed E-state index contributed by atoms with van der Waals surface area (Å²) in [5, 5.41) is 3.51. The molecular formula is C19H24ClN3O4S. The molecule has 0 atom stereocenters. The van der Waals surface area contributed by atoms with Gasteiger partial charge in [-0.1, -0.05) is 11.6 Å². The van der Waals surface area contributed by atoms with Crippen molar-refractivity contribution in [2.45, 2.75) is 13.5 Å². The predicted octanol–water partition coefficient (Wildman–Crippen LogP) is 2.18. The molecule has 28 heavy (non-hydrogen) atoms. The lowest BCUT2D eigenvalue weighted by Gasteiger charge is -2.33. The third kappa shape index (κ3) is 5.35. The lowest BCUT2D eigenvalue weighted by atomic mass is 10.2. The molecule has 1 amide bonds. The molecule has 0 unspecified atom stereocenters. The Labute approximate surface area is 170 Å². The quantitative estimate of drug-likeness (QED) is 0.735. The molecular weight excluding hydrogens is 402 g/mol. The first-order valence-corrected chi connectivity index (χ1v) is 11.2. The molecule has 1 fully saturated rings. The van der Waals surface area contributed by atoms with Gasteiger partial charge < -0.3 is 9.73 Å². The van der Waals surface area contributed by atoms with E-state index >= 15 is 0 Å². The monoisotopic (exact) mass is 425 g/mol. The van der Waals surface area contributed by atoms with E-state index in [4.69, 9.17) is 16.0 Å². The molecule has 2 heterocycles. The average molecular weight is 426 g/mol. The summed E-state index contributed by atoms with van der Waals surface area (Å²) in [7, 11) is -3.16. The number of halogens is 1. The molecule has 0 bridgehead atoms. The topological polar surface area (TPSA) is 82.9 Å². The molecule has 1 aromatic heterocycles. The lowest BCUT2D eigenvalue weighted by molar-refractivity contribution is -0.122. The van der Waals surface area contributed by atoms with E-state index in [0.29, 0.717) is 49.3 Å². The van der Waals surface area contributed by atoms with Gasteiger partial charge in [-0.2, -0.15) is 4.31 Å². The molecule has 3 rings (SSSR count). The largest absolute Gasteiger partial charge is 0.459 e. The van der Waals surface area contributed by atoms with Gasteiger partial charge in [0.15, 0.2) is 0 Å². The Morgan fingerprint density at radius 2 is 1.79 bits per heavy atom. The number of hydrogen-bond donors (Lipinski definition) is 1. The van der Waals surface area contributed by atoms with Gasteiger partial charge in [-0.05, 0) is 43.3 Å². The summed E-state index contributed by atoms with van der Waals surface area (Å²) in [5.74, 6) is 1.37. The highest BCUT2D eigenvalue weighted by atomic mass is 35.5. The minimum Gasteiger partial charge on any atom is -0.459 e. The van der Waals surface area contributed by atoms with Crippen molar-refractivity contribution in [3.8, 4) is 11.3 Å². The summed E-state index contributed by atoms with van der Waals surface area (Å²) in [6.07, 6.45) is 0. The van der Waals surface area contributed by atoms with Gasteiger partial charge >= 0.3 is 0 Å². The summed E-state index contributed by atoms with van der Waals surface area (Å²) >= 11 is 5.89. The molecule has 0 radical (unpaired) electrons. The summed E-state index contributed by atoms with van der Waals surface area (Å²) in [6.45, 7) is 4.13. The second-order valence-electron chi connectivity index (χ2n) is 6.63. The molecule has 0 spiro atoms. The van der Waals surface area contributed by atoms with Gasteiger partial charge in [-0.15, -0.1) is 0 Å². The van der Waals surface area contributed by atoms with E-state index in [9.17, 15) is 13.2 Å². The molecule has 9 heteroatoms. The summed E-state index contributed by atoms with van der Waals surface area (Å²) < 4.78 is 31.0. The zero-order valence-electron chi connectivity index (χ0n) is 15.7. The van der Waals surface area contributed by atoms with Crippen LogP contribution >= 0.6 is 11.6 Å². The number of nitrogens with one attached hydrogen (secondary N) is 1. The Morgan fingerprint density at radius 3 is 2.43 bits per heavy atom. The van der Waals surface area contributed by atoms with E-state index in [2.05, 4.69) is 5.32 Å². The maximum absolute atomic E-state index is 12.2. The fourth-order valence-corrected chi connectivity index (χ4v) is 4.25. The molecule has 7 nitrogen and oxygen atoms in total. The molecule has 2 aromatic rings. The number of amides is 1. The molecule has 1 aliphatic rings. The van der Waals surface area contributed by atoms with Crippen LogP contribution in [0.2, 0.25) is 5.02 Å². The molecule has 152 valence electrons. The fraction of sp³-hybridized carbons (Fsp3) is 0.421. The minimum absolute atomic E-state index is 0.106. The third-order valence-corrected chi connectivity index (χ3v) is 6.84. The second kappa shape index (κ2) is 9.09. The zero-order chi connectivity index (χ0) is 20.1.